The van der Waals surface area contributed by atoms with Gasteiger partial charge in [0, 0.05) is 36.7 Å². The predicted octanol–water partition coefficient (Wildman–Crippen LogP) is 3.14. The van der Waals surface area contributed by atoms with Crippen molar-refractivity contribution >= 4 is 5.91 Å². The minimum absolute atomic E-state index is 0.0271. The topological polar surface area (TPSA) is 73.2 Å². The lowest BCUT2D eigenvalue weighted by Gasteiger charge is -2.64. The number of nitrogens with zero attached hydrogens (tertiary/aromatic N) is 2. The second kappa shape index (κ2) is 7.99. The maximum absolute atomic E-state index is 13.3. The van der Waals surface area contributed by atoms with Crippen molar-refractivity contribution in [1.82, 2.24) is 9.80 Å². The van der Waals surface area contributed by atoms with Crippen molar-refractivity contribution in [2.75, 3.05) is 20.1 Å². The molecule has 5 atom stereocenters. The number of aryl methyl sites for hydroxylation is 1. The zero-order valence-electron chi connectivity index (χ0n) is 21.5. The lowest BCUT2D eigenvalue weighted by atomic mass is 9.48. The molecule has 3 fully saturated rings. The molecular weight excluding hydrogens is 464 g/mol. The summed E-state index contributed by atoms with van der Waals surface area (Å²) >= 11 is 0. The molecular formula is C31H34N2O4. The zero-order valence-corrected chi connectivity index (χ0v) is 21.5. The largest absolute Gasteiger partial charge is 0.504 e. The average Bonchev–Trinajstić information content (AvgIpc) is 3.63. The third kappa shape index (κ3) is 3.23. The van der Waals surface area contributed by atoms with Gasteiger partial charge in [-0.15, -0.1) is 0 Å². The first-order valence-electron chi connectivity index (χ1n) is 13.7. The van der Waals surface area contributed by atoms with Gasteiger partial charge in [0.15, 0.2) is 11.5 Å². The lowest BCUT2D eigenvalue weighted by Crippen LogP contribution is -2.78. The number of benzene rings is 2. The first-order chi connectivity index (χ1) is 17.8. The molecule has 1 amide bonds. The minimum atomic E-state index is -0.954. The molecule has 2 N–H and O–H groups in total. The number of hydrogen-bond acceptors (Lipinski definition) is 5. The molecule has 2 aromatic rings. The summed E-state index contributed by atoms with van der Waals surface area (Å²) < 4.78 is 6.59. The Balaban J connectivity index is 1.25. The first kappa shape index (κ1) is 23.1. The van der Waals surface area contributed by atoms with Crippen LogP contribution in [0.15, 0.2) is 36.4 Å². The van der Waals surface area contributed by atoms with E-state index in [0.29, 0.717) is 18.6 Å². The summed E-state index contributed by atoms with van der Waals surface area (Å²) in [6.07, 6.45) is 4.90. The van der Waals surface area contributed by atoms with Crippen molar-refractivity contribution in [2.24, 2.45) is 5.92 Å². The minimum Gasteiger partial charge on any atom is -0.504 e. The summed E-state index contributed by atoms with van der Waals surface area (Å²) in [6.45, 7) is 3.97. The van der Waals surface area contributed by atoms with E-state index in [-0.39, 0.29) is 23.7 Å². The predicted molar refractivity (Wildman–Crippen MR) is 139 cm³/mol. The summed E-state index contributed by atoms with van der Waals surface area (Å²) in [5, 5.41) is 23.4. The number of carbonyl (C=O) groups is 1. The standard InChI is InChI=1S/C31H34N2O4/c1-19-3-5-20(6-4-19)9-12-26(35)32(2)23-13-14-31(36)25-17-22-10-11-24(34)28-27(22)30(31,29(23)37-28)15-16-33(25)18-21-7-8-21/h3-6,10-11,21,23,25,29,34,36H,7-8,13-18H2,1-2H3/t23-,25+,29-,30-,31+/m0/s1. The quantitative estimate of drug-likeness (QED) is 0.637. The Morgan fingerprint density at radius 1 is 1.16 bits per heavy atom. The number of piperidine rings is 1. The summed E-state index contributed by atoms with van der Waals surface area (Å²) in [5.74, 6) is 6.95. The second-order valence-electron chi connectivity index (χ2n) is 11.9. The van der Waals surface area contributed by atoms with E-state index in [1.807, 2.05) is 37.3 Å². The number of aliphatic hydroxyl groups is 1. The van der Waals surface area contributed by atoms with Crippen molar-refractivity contribution in [3.63, 3.8) is 0 Å². The molecule has 37 heavy (non-hydrogen) atoms. The van der Waals surface area contributed by atoms with E-state index in [1.54, 1.807) is 18.0 Å². The smallest absolute Gasteiger partial charge is 0.298 e. The van der Waals surface area contributed by atoms with Crippen LogP contribution in [0.4, 0.5) is 0 Å². The van der Waals surface area contributed by atoms with E-state index < -0.39 is 17.1 Å². The Morgan fingerprint density at radius 3 is 2.70 bits per heavy atom. The van der Waals surface area contributed by atoms with Crippen molar-refractivity contribution in [3.8, 4) is 23.3 Å². The number of phenolic OH excluding ortho intramolecular Hbond substituents is 1. The Kier molecular flexibility index (Phi) is 5.00. The van der Waals surface area contributed by atoms with Crippen molar-refractivity contribution in [1.29, 1.82) is 0 Å². The molecule has 0 unspecified atom stereocenters. The van der Waals surface area contributed by atoms with Crippen LogP contribution in [0.25, 0.3) is 0 Å². The number of carbonyl (C=O) groups excluding carboxylic acids is 1. The highest BCUT2D eigenvalue weighted by molar-refractivity contribution is 5.94. The van der Waals surface area contributed by atoms with Gasteiger partial charge in [-0.1, -0.05) is 29.7 Å². The van der Waals surface area contributed by atoms with Gasteiger partial charge in [-0.25, -0.2) is 0 Å². The van der Waals surface area contributed by atoms with Crippen LogP contribution in [0.5, 0.6) is 11.5 Å². The highest BCUT2D eigenvalue weighted by Gasteiger charge is 2.73. The number of aromatic hydroxyl groups is 1. The maximum Gasteiger partial charge on any atom is 0.298 e. The molecule has 6 heteroatoms. The van der Waals surface area contributed by atoms with Crippen LogP contribution >= 0.6 is 0 Å². The normalized spacial score (nSPS) is 33.1. The van der Waals surface area contributed by atoms with E-state index >= 15 is 0 Å². The number of likely N-dealkylation sites (N-methyl/N-ethyl adjacent to an activating group) is 1. The van der Waals surface area contributed by atoms with E-state index in [9.17, 15) is 15.0 Å². The summed E-state index contributed by atoms with van der Waals surface area (Å²) in [7, 11) is 1.80. The molecule has 1 saturated heterocycles. The number of amides is 1. The van der Waals surface area contributed by atoms with Crippen LogP contribution in [0, 0.1) is 24.7 Å². The number of ether oxygens (including phenoxy) is 1. The van der Waals surface area contributed by atoms with E-state index in [0.717, 1.165) is 48.5 Å². The van der Waals surface area contributed by atoms with E-state index in [1.165, 1.54) is 18.4 Å². The van der Waals surface area contributed by atoms with Gasteiger partial charge in [-0.2, -0.15) is 0 Å². The number of rotatable bonds is 3. The van der Waals surface area contributed by atoms with Crippen molar-refractivity contribution < 1.29 is 19.7 Å². The molecule has 6 nitrogen and oxygen atoms in total. The van der Waals surface area contributed by atoms with Gasteiger partial charge in [0.05, 0.1) is 17.1 Å². The van der Waals surface area contributed by atoms with Gasteiger partial charge in [0.1, 0.15) is 6.10 Å². The fourth-order valence-electron chi connectivity index (χ4n) is 7.85. The second-order valence-corrected chi connectivity index (χ2v) is 11.9. The van der Waals surface area contributed by atoms with Crippen molar-refractivity contribution in [2.45, 2.75) is 74.7 Å². The lowest BCUT2D eigenvalue weighted by molar-refractivity contribution is -0.199. The van der Waals surface area contributed by atoms with Crippen LogP contribution in [0.3, 0.4) is 0 Å². The first-order valence-corrected chi connectivity index (χ1v) is 13.7. The monoisotopic (exact) mass is 498 g/mol. The molecule has 7 rings (SSSR count). The molecule has 0 aromatic heterocycles. The third-order valence-corrected chi connectivity index (χ3v) is 9.91. The van der Waals surface area contributed by atoms with Gasteiger partial charge < -0.3 is 19.8 Å². The molecule has 0 radical (unpaired) electrons. The number of phenols is 1. The fourth-order valence-corrected chi connectivity index (χ4v) is 7.85. The number of hydrogen-bond donors (Lipinski definition) is 2. The SMILES string of the molecule is Cc1ccc(C#CC(=O)N(C)[C@H]2CC[C@@]3(O)[C@H]4Cc5ccc(O)c6c5[C@@]3(CCN4CC3CC3)[C@H]2O6)cc1. The highest BCUT2D eigenvalue weighted by atomic mass is 16.5. The Hall–Kier alpha value is -3.01. The van der Waals surface area contributed by atoms with E-state index in [2.05, 4.69) is 16.7 Å². The zero-order chi connectivity index (χ0) is 25.5. The molecule has 2 aromatic carbocycles. The Bertz CT molecular complexity index is 1340. The Labute approximate surface area is 218 Å². The van der Waals surface area contributed by atoms with Gasteiger partial charge >= 0.3 is 0 Å². The molecule has 1 spiro atoms. The maximum atomic E-state index is 13.3. The summed E-state index contributed by atoms with van der Waals surface area (Å²) in [5.41, 5.74) is 2.52. The van der Waals surface area contributed by atoms with Crippen LogP contribution in [-0.2, 0) is 16.6 Å². The number of likely N-dealkylation sites (tertiary alicyclic amines) is 1. The molecule has 2 aliphatic heterocycles. The van der Waals surface area contributed by atoms with Crippen LogP contribution in [0.1, 0.15) is 54.4 Å². The van der Waals surface area contributed by atoms with Gasteiger partial charge in [0.25, 0.3) is 5.91 Å². The van der Waals surface area contributed by atoms with Gasteiger partial charge in [-0.3, -0.25) is 9.69 Å². The van der Waals surface area contributed by atoms with Crippen molar-refractivity contribution in [3.05, 3.63) is 58.7 Å². The molecule has 2 saturated carbocycles. The fraction of sp³-hybridized carbons (Fsp3) is 0.516. The van der Waals surface area contributed by atoms with Crippen LogP contribution in [-0.4, -0.2) is 69.8 Å². The molecule has 5 aliphatic rings. The summed E-state index contributed by atoms with van der Waals surface area (Å²) in [4.78, 5) is 17.5. The highest BCUT2D eigenvalue weighted by Crippen LogP contribution is 2.66. The van der Waals surface area contributed by atoms with Crippen LogP contribution in [0.2, 0.25) is 0 Å². The van der Waals surface area contributed by atoms with E-state index in [4.69, 9.17) is 4.74 Å². The molecule has 2 heterocycles. The molecule has 2 bridgehead atoms. The third-order valence-electron chi connectivity index (χ3n) is 9.91. The molecule has 3 aliphatic carbocycles. The Morgan fingerprint density at radius 2 is 1.95 bits per heavy atom. The summed E-state index contributed by atoms with van der Waals surface area (Å²) in [6, 6.07) is 11.4. The molecule has 192 valence electrons. The van der Waals surface area contributed by atoms with Crippen LogP contribution < -0.4 is 4.74 Å². The van der Waals surface area contributed by atoms with Gasteiger partial charge in [-0.05, 0) is 81.7 Å². The average molecular weight is 499 g/mol. The van der Waals surface area contributed by atoms with Gasteiger partial charge in [0.2, 0.25) is 0 Å².